The number of nitrogens with one attached hydrogen (secondary N) is 1. The van der Waals surface area contributed by atoms with E-state index in [1.54, 1.807) is 25.3 Å². The van der Waals surface area contributed by atoms with E-state index >= 15 is 0 Å². The van der Waals surface area contributed by atoms with Gasteiger partial charge in [0.25, 0.3) is 0 Å². The fourth-order valence-electron chi connectivity index (χ4n) is 2.35. The number of rotatable bonds is 10. The van der Waals surface area contributed by atoms with Crippen molar-refractivity contribution >= 4 is 34.8 Å². The highest BCUT2D eigenvalue weighted by Gasteiger charge is 2.15. The zero-order chi connectivity index (χ0) is 18.9. The summed E-state index contributed by atoms with van der Waals surface area (Å²) in [6, 6.07) is 9.10. The highest BCUT2D eigenvalue weighted by atomic mass is 35.5. The molecule has 0 unspecified atom stereocenters. The number of methoxy groups -OCH3 is 1. The van der Waals surface area contributed by atoms with Crippen molar-refractivity contribution in [1.29, 1.82) is 0 Å². The zero-order valence-corrected chi connectivity index (χ0v) is 17.0. The van der Waals surface area contributed by atoms with E-state index in [-0.39, 0.29) is 6.61 Å². The number of benzene rings is 2. The number of hydrogen-bond donors (Lipinski definition) is 1. The number of ether oxygens (including phenoxy) is 3. The molecule has 0 amide bonds. The fraction of sp³-hybridized carbons (Fsp3) is 0.368. The van der Waals surface area contributed by atoms with Gasteiger partial charge in [0.15, 0.2) is 11.5 Å². The van der Waals surface area contributed by atoms with Crippen molar-refractivity contribution in [2.75, 3.05) is 26.9 Å². The first-order valence-corrected chi connectivity index (χ1v) is 9.40. The van der Waals surface area contributed by atoms with E-state index in [4.69, 9.17) is 49.0 Å². The molecule has 0 spiro atoms. The Labute approximate surface area is 169 Å². The third kappa shape index (κ3) is 5.93. The molecule has 0 aliphatic heterocycles. The Balaban J connectivity index is 2.16. The molecule has 0 fully saturated rings. The summed E-state index contributed by atoms with van der Waals surface area (Å²) in [6.07, 6.45) is 0. The molecular weight excluding hydrogens is 397 g/mol. The van der Waals surface area contributed by atoms with Crippen molar-refractivity contribution in [3.05, 3.63) is 56.5 Å². The Hall–Kier alpha value is -1.17. The van der Waals surface area contributed by atoms with Crippen LogP contribution < -0.4 is 14.8 Å². The summed E-state index contributed by atoms with van der Waals surface area (Å²) >= 11 is 18.8. The minimum absolute atomic E-state index is 0.198. The monoisotopic (exact) mass is 417 g/mol. The molecule has 0 saturated carbocycles. The Morgan fingerprint density at radius 3 is 2.38 bits per heavy atom. The van der Waals surface area contributed by atoms with Crippen molar-refractivity contribution < 1.29 is 14.2 Å². The SMILES string of the molecule is CCOc1cc(CNCCOC)cc(Cl)c1OCc1c(Cl)cccc1Cl. The van der Waals surface area contributed by atoms with E-state index in [1.807, 2.05) is 19.1 Å². The summed E-state index contributed by atoms with van der Waals surface area (Å²) < 4.78 is 16.6. The van der Waals surface area contributed by atoms with Gasteiger partial charge >= 0.3 is 0 Å². The third-order valence-electron chi connectivity index (χ3n) is 3.60. The van der Waals surface area contributed by atoms with Gasteiger partial charge in [-0.3, -0.25) is 0 Å². The molecule has 2 aromatic rings. The molecule has 7 heteroatoms. The molecule has 2 aromatic carbocycles. The molecule has 0 saturated heterocycles. The maximum absolute atomic E-state index is 6.43. The summed E-state index contributed by atoms with van der Waals surface area (Å²) in [6.45, 7) is 4.66. The zero-order valence-electron chi connectivity index (χ0n) is 14.8. The Kier molecular flexibility index (Phi) is 8.82. The van der Waals surface area contributed by atoms with Crippen LogP contribution in [0.5, 0.6) is 11.5 Å². The highest BCUT2D eigenvalue weighted by Crippen LogP contribution is 2.38. The van der Waals surface area contributed by atoms with Crippen LogP contribution in [0.2, 0.25) is 15.1 Å². The molecule has 0 radical (unpaired) electrons. The van der Waals surface area contributed by atoms with Gasteiger partial charge in [0, 0.05) is 35.8 Å². The van der Waals surface area contributed by atoms with Crippen LogP contribution in [0.15, 0.2) is 30.3 Å². The van der Waals surface area contributed by atoms with Crippen LogP contribution in [0.1, 0.15) is 18.1 Å². The van der Waals surface area contributed by atoms with Gasteiger partial charge in [0.2, 0.25) is 0 Å². The van der Waals surface area contributed by atoms with Crippen LogP contribution in [0, 0.1) is 0 Å². The molecular formula is C19H22Cl3NO3. The lowest BCUT2D eigenvalue weighted by molar-refractivity contribution is 0.199. The van der Waals surface area contributed by atoms with Gasteiger partial charge < -0.3 is 19.5 Å². The van der Waals surface area contributed by atoms with Crippen LogP contribution in [-0.2, 0) is 17.9 Å². The van der Waals surface area contributed by atoms with Crippen LogP contribution >= 0.6 is 34.8 Å². The average molecular weight is 419 g/mol. The lowest BCUT2D eigenvalue weighted by atomic mass is 10.2. The first kappa shape index (κ1) is 21.1. The van der Waals surface area contributed by atoms with Gasteiger partial charge in [0.05, 0.1) is 18.2 Å². The summed E-state index contributed by atoms with van der Waals surface area (Å²) in [7, 11) is 1.67. The normalized spacial score (nSPS) is 10.8. The van der Waals surface area contributed by atoms with Gasteiger partial charge in [-0.25, -0.2) is 0 Å². The molecule has 0 aliphatic carbocycles. The van der Waals surface area contributed by atoms with E-state index in [0.717, 1.165) is 12.1 Å². The summed E-state index contributed by atoms with van der Waals surface area (Å²) in [5.74, 6) is 1.07. The Morgan fingerprint density at radius 2 is 1.73 bits per heavy atom. The van der Waals surface area contributed by atoms with E-state index in [1.165, 1.54) is 0 Å². The fourth-order valence-corrected chi connectivity index (χ4v) is 3.14. The van der Waals surface area contributed by atoms with Gasteiger partial charge in [-0.05, 0) is 36.8 Å². The average Bonchev–Trinajstić information content (AvgIpc) is 2.60. The van der Waals surface area contributed by atoms with E-state index in [9.17, 15) is 0 Å². The number of halogens is 3. The molecule has 26 heavy (non-hydrogen) atoms. The maximum Gasteiger partial charge on any atom is 0.180 e. The molecule has 1 N–H and O–H groups in total. The summed E-state index contributed by atoms with van der Waals surface area (Å²) in [4.78, 5) is 0. The standard InChI is InChI=1S/C19H22Cl3NO3/c1-3-25-18-10-13(11-23-7-8-24-2)9-17(22)19(18)26-12-14-15(20)5-4-6-16(14)21/h4-6,9-10,23H,3,7-8,11-12H2,1-2H3. The molecule has 0 bridgehead atoms. The van der Waals surface area contributed by atoms with Crippen LogP contribution in [-0.4, -0.2) is 26.9 Å². The van der Waals surface area contributed by atoms with Crippen LogP contribution in [0.4, 0.5) is 0 Å². The summed E-state index contributed by atoms with van der Waals surface area (Å²) in [5.41, 5.74) is 1.71. The Bertz CT molecular complexity index is 705. The van der Waals surface area contributed by atoms with E-state index in [2.05, 4.69) is 5.32 Å². The lowest BCUT2D eigenvalue weighted by Crippen LogP contribution is -2.18. The second kappa shape index (κ2) is 10.9. The molecule has 2 rings (SSSR count). The van der Waals surface area contributed by atoms with Crippen molar-refractivity contribution in [1.82, 2.24) is 5.32 Å². The van der Waals surface area contributed by atoms with Crippen LogP contribution in [0.25, 0.3) is 0 Å². The van der Waals surface area contributed by atoms with Gasteiger partial charge in [-0.2, -0.15) is 0 Å². The second-order valence-electron chi connectivity index (χ2n) is 5.50. The molecule has 142 valence electrons. The third-order valence-corrected chi connectivity index (χ3v) is 4.59. The molecule has 4 nitrogen and oxygen atoms in total. The second-order valence-corrected chi connectivity index (χ2v) is 6.72. The highest BCUT2D eigenvalue weighted by molar-refractivity contribution is 6.36. The van der Waals surface area contributed by atoms with E-state index < -0.39 is 0 Å². The van der Waals surface area contributed by atoms with Crippen molar-refractivity contribution in [3.8, 4) is 11.5 Å². The van der Waals surface area contributed by atoms with Crippen molar-refractivity contribution in [2.45, 2.75) is 20.1 Å². The predicted octanol–water partition coefficient (Wildman–Crippen LogP) is 5.36. The molecule has 0 aromatic heterocycles. The van der Waals surface area contributed by atoms with Crippen LogP contribution in [0.3, 0.4) is 0 Å². The predicted molar refractivity (Wildman–Crippen MR) is 107 cm³/mol. The minimum Gasteiger partial charge on any atom is -0.490 e. The quantitative estimate of drug-likeness (QED) is 0.527. The topological polar surface area (TPSA) is 39.7 Å². The molecule has 0 heterocycles. The Morgan fingerprint density at radius 1 is 1.00 bits per heavy atom. The lowest BCUT2D eigenvalue weighted by Gasteiger charge is -2.16. The van der Waals surface area contributed by atoms with Gasteiger partial charge in [0.1, 0.15) is 6.61 Å². The van der Waals surface area contributed by atoms with Gasteiger partial charge in [-0.1, -0.05) is 40.9 Å². The number of hydrogen-bond acceptors (Lipinski definition) is 4. The van der Waals surface area contributed by atoms with Crippen molar-refractivity contribution in [2.24, 2.45) is 0 Å². The molecule has 0 aliphatic rings. The minimum atomic E-state index is 0.198. The first-order chi connectivity index (χ1) is 12.6. The van der Waals surface area contributed by atoms with E-state index in [0.29, 0.717) is 51.9 Å². The first-order valence-electron chi connectivity index (χ1n) is 8.27. The largest absolute Gasteiger partial charge is 0.490 e. The smallest absolute Gasteiger partial charge is 0.180 e. The van der Waals surface area contributed by atoms with Crippen molar-refractivity contribution in [3.63, 3.8) is 0 Å². The maximum atomic E-state index is 6.43. The van der Waals surface area contributed by atoms with Gasteiger partial charge in [-0.15, -0.1) is 0 Å². The summed E-state index contributed by atoms with van der Waals surface area (Å²) in [5, 5.41) is 4.84. The molecule has 0 atom stereocenters.